The van der Waals surface area contributed by atoms with Crippen LogP contribution in [0.15, 0.2) is 18.3 Å². The molecule has 3 aliphatic rings. The Hall–Kier alpha value is -1.72. The Morgan fingerprint density at radius 2 is 2.04 bits per heavy atom. The van der Waals surface area contributed by atoms with E-state index in [2.05, 4.69) is 21.9 Å². The van der Waals surface area contributed by atoms with Gasteiger partial charge in [-0.3, -0.25) is 9.48 Å². The van der Waals surface area contributed by atoms with Gasteiger partial charge in [0.15, 0.2) is 0 Å². The summed E-state index contributed by atoms with van der Waals surface area (Å²) in [5.41, 5.74) is 4.11. The van der Waals surface area contributed by atoms with E-state index in [0.29, 0.717) is 34.3 Å². The summed E-state index contributed by atoms with van der Waals surface area (Å²) in [4.78, 5) is 17.1. The highest BCUT2D eigenvalue weighted by Crippen LogP contribution is 2.53. The van der Waals surface area contributed by atoms with Crippen molar-refractivity contribution in [3.63, 3.8) is 0 Å². The Labute approximate surface area is 175 Å². The number of rotatable bonds is 3. The van der Waals surface area contributed by atoms with Gasteiger partial charge in [0.2, 0.25) is 5.91 Å². The van der Waals surface area contributed by atoms with Gasteiger partial charge in [0.1, 0.15) is 0 Å². The molecule has 0 bridgehead atoms. The molecule has 5 rings (SSSR count). The van der Waals surface area contributed by atoms with E-state index in [4.69, 9.17) is 23.2 Å². The van der Waals surface area contributed by atoms with Crippen LogP contribution in [-0.2, 0) is 11.8 Å². The number of nitrogens with zero attached hydrogens (tertiary/aromatic N) is 4. The van der Waals surface area contributed by atoms with Crippen LogP contribution in [0, 0.1) is 5.92 Å². The van der Waals surface area contributed by atoms with Gasteiger partial charge in [-0.2, -0.15) is 5.10 Å². The van der Waals surface area contributed by atoms with Crippen LogP contribution in [-0.4, -0.2) is 46.8 Å². The quantitative estimate of drug-likeness (QED) is 0.744. The van der Waals surface area contributed by atoms with Crippen molar-refractivity contribution in [1.82, 2.24) is 14.7 Å². The smallest absolute Gasteiger partial charge is 0.222 e. The summed E-state index contributed by atoms with van der Waals surface area (Å²) in [6.07, 6.45) is 5.99. The highest BCUT2D eigenvalue weighted by molar-refractivity contribution is 6.44. The summed E-state index contributed by atoms with van der Waals surface area (Å²) in [7, 11) is 4.00. The highest BCUT2D eigenvalue weighted by Gasteiger charge is 2.45. The average molecular weight is 419 g/mol. The molecule has 2 aliphatic heterocycles. The second kappa shape index (κ2) is 6.67. The van der Waals surface area contributed by atoms with Crippen LogP contribution in [0.5, 0.6) is 0 Å². The second-order valence-corrected chi connectivity index (χ2v) is 9.20. The summed E-state index contributed by atoms with van der Waals surface area (Å²) in [6.45, 7) is 1.56. The summed E-state index contributed by atoms with van der Waals surface area (Å²) < 4.78 is 1.80. The van der Waals surface area contributed by atoms with Gasteiger partial charge in [0.05, 0.1) is 21.4 Å². The van der Waals surface area contributed by atoms with Gasteiger partial charge in [-0.05, 0) is 42.9 Å². The number of amides is 1. The Morgan fingerprint density at radius 1 is 1.25 bits per heavy atom. The predicted molar refractivity (Wildman–Crippen MR) is 112 cm³/mol. The van der Waals surface area contributed by atoms with E-state index in [1.165, 1.54) is 18.4 Å². The first-order valence-corrected chi connectivity index (χ1v) is 10.7. The lowest BCUT2D eigenvalue weighted by Gasteiger charge is -2.38. The van der Waals surface area contributed by atoms with Crippen LogP contribution in [0.1, 0.15) is 37.2 Å². The third-order valence-electron chi connectivity index (χ3n) is 6.53. The Bertz CT molecular complexity index is 952. The van der Waals surface area contributed by atoms with E-state index in [1.54, 1.807) is 4.68 Å². The fraction of sp³-hybridized carbons (Fsp3) is 0.524. The van der Waals surface area contributed by atoms with Crippen molar-refractivity contribution in [1.29, 1.82) is 0 Å². The molecule has 2 unspecified atom stereocenters. The van der Waals surface area contributed by atoms with Gasteiger partial charge < -0.3 is 9.80 Å². The number of hydrogen-bond acceptors (Lipinski definition) is 3. The van der Waals surface area contributed by atoms with Gasteiger partial charge in [0, 0.05) is 57.3 Å². The van der Waals surface area contributed by atoms with Gasteiger partial charge in [-0.15, -0.1) is 0 Å². The first-order valence-electron chi connectivity index (χ1n) is 9.96. The number of carbonyl (C=O) groups excluding carboxylic acids is 1. The molecule has 2 atom stereocenters. The second-order valence-electron chi connectivity index (χ2n) is 8.42. The number of anilines is 1. The fourth-order valence-electron chi connectivity index (χ4n) is 4.89. The van der Waals surface area contributed by atoms with E-state index in [9.17, 15) is 4.79 Å². The summed E-state index contributed by atoms with van der Waals surface area (Å²) in [5, 5.41) is 5.76. The third-order valence-corrected chi connectivity index (χ3v) is 7.31. The SMILES string of the molecule is CN1c2c(Cl)c(Cl)cc(-c3ccn(C)n3)c2C2CN(C(=O)CC3CC3)CCC21. The molecule has 7 heteroatoms. The van der Waals surface area contributed by atoms with Crippen LogP contribution >= 0.6 is 23.2 Å². The third kappa shape index (κ3) is 2.91. The van der Waals surface area contributed by atoms with E-state index in [0.717, 1.165) is 36.5 Å². The van der Waals surface area contributed by atoms with E-state index in [1.807, 2.05) is 25.4 Å². The van der Waals surface area contributed by atoms with Crippen molar-refractivity contribution in [2.24, 2.45) is 13.0 Å². The van der Waals surface area contributed by atoms with Crippen LogP contribution < -0.4 is 4.90 Å². The molecule has 0 radical (unpaired) electrons. The maximum absolute atomic E-state index is 12.8. The topological polar surface area (TPSA) is 41.4 Å². The number of benzene rings is 1. The molecule has 5 nitrogen and oxygen atoms in total. The monoisotopic (exact) mass is 418 g/mol. The minimum atomic E-state index is 0.226. The molecule has 0 spiro atoms. The molecule has 1 saturated carbocycles. The standard InChI is InChI=1S/C21H24Cl2N4O/c1-25-7-5-16(24-25)13-10-15(22)20(23)21-19(13)14-11-27(8-6-17(14)26(21)2)18(28)9-12-3-4-12/h5,7,10,12,14,17H,3-4,6,8-9,11H2,1-2H3. The number of halogens is 2. The number of carbonyl (C=O) groups is 1. The molecule has 1 amide bonds. The number of hydrogen-bond donors (Lipinski definition) is 0. The first kappa shape index (κ1) is 18.3. The van der Waals surface area contributed by atoms with Crippen molar-refractivity contribution in [2.75, 3.05) is 25.0 Å². The number of aryl methyl sites for hydroxylation is 1. The number of aromatic nitrogens is 2. The maximum Gasteiger partial charge on any atom is 0.222 e. The predicted octanol–water partition coefficient (Wildman–Crippen LogP) is 4.33. The largest absolute Gasteiger partial charge is 0.369 e. The molecule has 2 aromatic rings. The number of fused-ring (bicyclic) bond motifs is 3. The summed E-state index contributed by atoms with van der Waals surface area (Å²) >= 11 is 13.2. The lowest BCUT2D eigenvalue weighted by molar-refractivity contribution is -0.132. The van der Waals surface area contributed by atoms with Gasteiger partial charge in [0.25, 0.3) is 0 Å². The van der Waals surface area contributed by atoms with E-state index in [-0.39, 0.29) is 5.92 Å². The van der Waals surface area contributed by atoms with Gasteiger partial charge in [-0.1, -0.05) is 23.2 Å². The zero-order valence-electron chi connectivity index (χ0n) is 16.2. The zero-order chi connectivity index (χ0) is 19.6. The van der Waals surface area contributed by atoms with Crippen LogP contribution in [0.2, 0.25) is 10.0 Å². The maximum atomic E-state index is 12.8. The molecule has 0 N–H and O–H groups in total. The molecule has 3 heterocycles. The Morgan fingerprint density at radius 3 is 2.71 bits per heavy atom. The molecular weight excluding hydrogens is 395 g/mol. The minimum Gasteiger partial charge on any atom is -0.369 e. The lowest BCUT2D eigenvalue weighted by atomic mass is 9.85. The van der Waals surface area contributed by atoms with E-state index < -0.39 is 0 Å². The number of likely N-dealkylation sites (tertiary alicyclic amines) is 1. The van der Waals surface area contributed by atoms with Crippen molar-refractivity contribution >= 4 is 34.8 Å². The van der Waals surface area contributed by atoms with Gasteiger partial charge in [-0.25, -0.2) is 0 Å². The zero-order valence-corrected chi connectivity index (χ0v) is 17.7. The fourth-order valence-corrected chi connectivity index (χ4v) is 5.38. The molecule has 2 fully saturated rings. The van der Waals surface area contributed by atoms with Crippen LogP contribution in [0.4, 0.5) is 5.69 Å². The van der Waals surface area contributed by atoms with Crippen LogP contribution in [0.25, 0.3) is 11.3 Å². The molecule has 1 aromatic heterocycles. The minimum absolute atomic E-state index is 0.226. The van der Waals surface area contributed by atoms with Crippen molar-refractivity contribution in [2.45, 2.75) is 37.6 Å². The first-order chi connectivity index (χ1) is 13.4. The Kier molecular flexibility index (Phi) is 4.36. The highest BCUT2D eigenvalue weighted by atomic mass is 35.5. The summed E-state index contributed by atoms with van der Waals surface area (Å²) in [6, 6.07) is 4.27. The summed E-state index contributed by atoms with van der Waals surface area (Å²) in [5.74, 6) is 1.14. The molecule has 1 aliphatic carbocycles. The molecular formula is C21H24Cl2N4O. The van der Waals surface area contributed by atoms with Crippen molar-refractivity contribution < 1.29 is 4.79 Å². The number of likely N-dealkylation sites (N-methyl/N-ethyl adjacent to an activating group) is 1. The van der Waals surface area contributed by atoms with Gasteiger partial charge >= 0.3 is 0 Å². The average Bonchev–Trinajstić information content (AvgIpc) is 3.31. The van der Waals surface area contributed by atoms with E-state index >= 15 is 0 Å². The van der Waals surface area contributed by atoms with Crippen molar-refractivity contribution in [3.05, 3.63) is 33.9 Å². The van der Waals surface area contributed by atoms with Crippen LogP contribution in [0.3, 0.4) is 0 Å². The molecule has 1 saturated heterocycles. The normalized spacial score (nSPS) is 23.7. The van der Waals surface area contributed by atoms with Crippen molar-refractivity contribution in [3.8, 4) is 11.3 Å². The Balaban J connectivity index is 1.56. The molecule has 28 heavy (non-hydrogen) atoms. The molecule has 148 valence electrons. The lowest BCUT2D eigenvalue weighted by Crippen LogP contribution is -2.47. The molecule has 1 aromatic carbocycles. The number of piperidine rings is 1.